The van der Waals surface area contributed by atoms with Gasteiger partial charge in [0.15, 0.2) is 0 Å². The molecule has 0 unspecified atom stereocenters. The maximum absolute atomic E-state index is 10.7. The van der Waals surface area contributed by atoms with Crippen LogP contribution in [-0.4, -0.2) is 10.9 Å². The van der Waals surface area contributed by atoms with Gasteiger partial charge in [-0.15, -0.1) is 6.58 Å². The molecule has 1 aromatic rings. The van der Waals surface area contributed by atoms with Gasteiger partial charge in [0, 0.05) is 12.4 Å². The van der Waals surface area contributed by atoms with Gasteiger partial charge in [-0.25, -0.2) is 0 Å². The molecule has 0 aliphatic heterocycles. The maximum Gasteiger partial charge on any atom is 0.250 e. The Hall–Kier alpha value is -1.64. The fourth-order valence-electron chi connectivity index (χ4n) is 0.901. The molecule has 0 radical (unpaired) electrons. The van der Waals surface area contributed by atoms with Crippen LogP contribution in [0.25, 0.3) is 0 Å². The van der Waals surface area contributed by atoms with E-state index in [-0.39, 0.29) is 0 Å². The number of rotatable bonds is 3. The molecule has 0 fully saturated rings. The molecule has 12 heavy (non-hydrogen) atoms. The van der Waals surface area contributed by atoms with Crippen molar-refractivity contribution in [3.05, 3.63) is 42.2 Å². The van der Waals surface area contributed by atoms with Crippen LogP contribution in [-0.2, 0) is 6.42 Å². The lowest BCUT2D eigenvalue weighted by atomic mass is 10.1. The zero-order chi connectivity index (χ0) is 8.97. The smallest absolute Gasteiger partial charge is 0.250 e. The van der Waals surface area contributed by atoms with E-state index in [1.807, 2.05) is 0 Å². The molecular weight excluding hydrogens is 152 g/mol. The van der Waals surface area contributed by atoms with Crippen molar-refractivity contribution in [1.82, 2.24) is 4.98 Å². The SMILES string of the molecule is C=CCc1cncc(C(N)=O)c1. The molecule has 0 aromatic carbocycles. The molecule has 0 atom stereocenters. The van der Waals surface area contributed by atoms with Crippen molar-refractivity contribution >= 4 is 5.91 Å². The van der Waals surface area contributed by atoms with E-state index >= 15 is 0 Å². The molecule has 0 bridgehead atoms. The molecule has 2 N–H and O–H groups in total. The van der Waals surface area contributed by atoms with E-state index in [1.54, 1.807) is 18.3 Å². The first-order valence-corrected chi connectivity index (χ1v) is 3.58. The Morgan fingerprint density at radius 3 is 3.00 bits per heavy atom. The first-order valence-electron chi connectivity index (χ1n) is 3.58. The van der Waals surface area contributed by atoms with E-state index in [0.717, 1.165) is 5.56 Å². The van der Waals surface area contributed by atoms with Crippen molar-refractivity contribution in [2.45, 2.75) is 6.42 Å². The Balaban J connectivity index is 2.95. The molecule has 1 heterocycles. The predicted octanol–water partition coefficient (Wildman–Crippen LogP) is 0.909. The lowest BCUT2D eigenvalue weighted by Crippen LogP contribution is -2.11. The van der Waals surface area contributed by atoms with Gasteiger partial charge in [0.1, 0.15) is 0 Å². The summed E-state index contributed by atoms with van der Waals surface area (Å²) in [5, 5.41) is 0. The van der Waals surface area contributed by atoms with Crippen LogP contribution in [0, 0.1) is 0 Å². The van der Waals surface area contributed by atoms with E-state index in [0.29, 0.717) is 12.0 Å². The lowest BCUT2D eigenvalue weighted by molar-refractivity contribution is 0.1000. The van der Waals surface area contributed by atoms with Crippen molar-refractivity contribution in [2.75, 3.05) is 0 Å². The third kappa shape index (κ3) is 1.92. The molecule has 1 rings (SSSR count). The van der Waals surface area contributed by atoms with Gasteiger partial charge in [-0.05, 0) is 18.1 Å². The highest BCUT2D eigenvalue weighted by molar-refractivity contribution is 5.92. The van der Waals surface area contributed by atoms with Crippen molar-refractivity contribution in [3.63, 3.8) is 0 Å². The standard InChI is InChI=1S/C9H10N2O/c1-2-3-7-4-8(9(10)12)6-11-5-7/h2,4-6H,1,3H2,(H2,10,12). The van der Waals surface area contributed by atoms with E-state index in [4.69, 9.17) is 5.73 Å². The Morgan fingerprint density at radius 1 is 1.67 bits per heavy atom. The minimum Gasteiger partial charge on any atom is -0.366 e. The average Bonchev–Trinajstić information content (AvgIpc) is 2.05. The van der Waals surface area contributed by atoms with Crippen LogP contribution < -0.4 is 5.73 Å². The number of hydrogen-bond donors (Lipinski definition) is 1. The van der Waals surface area contributed by atoms with Crippen molar-refractivity contribution in [1.29, 1.82) is 0 Å². The maximum atomic E-state index is 10.7. The molecule has 3 nitrogen and oxygen atoms in total. The second kappa shape index (κ2) is 3.67. The summed E-state index contributed by atoms with van der Waals surface area (Å²) in [5.74, 6) is -0.451. The second-order valence-corrected chi connectivity index (χ2v) is 2.44. The fraction of sp³-hybridized carbons (Fsp3) is 0.111. The Kier molecular flexibility index (Phi) is 2.58. The van der Waals surface area contributed by atoms with Gasteiger partial charge < -0.3 is 5.73 Å². The number of amides is 1. The Bertz CT molecular complexity index is 307. The topological polar surface area (TPSA) is 56.0 Å². The monoisotopic (exact) mass is 162 g/mol. The third-order valence-electron chi connectivity index (χ3n) is 1.46. The summed E-state index contributed by atoms with van der Waals surface area (Å²) in [4.78, 5) is 14.6. The zero-order valence-electron chi connectivity index (χ0n) is 6.66. The predicted molar refractivity (Wildman–Crippen MR) is 46.7 cm³/mol. The number of primary amides is 1. The largest absolute Gasteiger partial charge is 0.366 e. The summed E-state index contributed by atoms with van der Waals surface area (Å²) in [6.07, 6.45) is 5.60. The number of pyridine rings is 1. The first kappa shape index (κ1) is 8.46. The number of allylic oxidation sites excluding steroid dienone is 1. The number of nitrogens with two attached hydrogens (primary N) is 1. The van der Waals surface area contributed by atoms with Crippen LogP contribution in [0.1, 0.15) is 15.9 Å². The molecule has 0 aliphatic carbocycles. The lowest BCUT2D eigenvalue weighted by Gasteiger charge is -1.97. The second-order valence-electron chi connectivity index (χ2n) is 2.44. The van der Waals surface area contributed by atoms with Crippen molar-refractivity contribution in [2.24, 2.45) is 5.73 Å². The highest BCUT2D eigenvalue weighted by Gasteiger charge is 2.00. The van der Waals surface area contributed by atoms with Crippen LogP contribution >= 0.6 is 0 Å². The number of carbonyl (C=O) groups is 1. The van der Waals surface area contributed by atoms with Gasteiger partial charge >= 0.3 is 0 Å². The molecule has 62 valence electrons. The van der Waals surface area contributed by atoms with Gasteiger partial charge in [0.25, 0.3) is 0 Å². The van der Waals surface area contributed by atoms with Gasteiger partial charge in [0.2, 0.25) is 5.91 Å². The molecular formula is C9H10N2O. The van der Waals surface area contributed by atoms with E-state index in [2.05, 4.69) is 11.6 Å². The normalized spacial score (nSPS) is 9.33. The highest BCUT2D eigenvalue weighted by atomic mass is 16.1. The molecule has 3 heteroatoms. The number of hydrogen-bond acceptors (Lipinski definition) is 2. The van der Waals surface area contributed by atoms with Crippen LogP contribution in [0.3, 0.4) is 0 Å². The van der Waals surface area contributed by atoms with Gasteiger partial charge in [-0.3, -0.25) is 9.78 Å². The summed E-state index contributed by atoms with van der Waals surface area (Å²) in [6.45, 7) is 3.59. The number of aromatic nitrogens is 1. The minimum absolute atomic E-state index is 0.439. The molecule has 0 aliphatic rings. The van der Waals surface area contributed by atoms with Gasteiger partial charge in [-0.2, -0.15) is 0 Å². The van der Waals surface area contributed by atoms with E-state index in [1.165, 1.54) is 6.20 Å². The molecule has 1 aromatic heterocycles. The summed E-state index contributed by atoms with van der Waals surface area (Å²) in [6, 6.07) is 1.72. The number of nitrogens with zero attached hydrogens (tertiary/aromatic N) is 1. The minimum atomic E-state index is -0.451. The van der Waals surface area contributed by atoms with Crippen LogP contribution in [0.4, 0.5) is 0 Å². The highest BCUT2D eigenvalue weighted by Crippen LogP contribution is 2.02. The summed E-state index contributed by atoms with van der Waals surface area (Å²) in [7, 11) is 0. The average molecular weight is 162 g/mol. The molecule has 0 spiro atoms. The van der Waals surface area contributed by atoms with Crippen molar-refractivity contribution in [3.8, 4) is 0 Å². The van der Waals surface area contributed by atoms with E-state index < -0.39 is 5.91 Å². The van der Waals surface area contributed by atoms with Crippen LogP contribution in [0.5, 0.6) is 0 Å². The fourth-order valence-corrected chi connectivity index (χ4v) is 0.901. The molecule has 1 amide bonds. The molecule has 0 saturated heterocycles. The summed E-state index contributed by atoms with van der Waals surface area (Å²) >= 11 is 0. The number of carbonyl (C=O) groups excluding carboxylic acids is 1. The molecule has 0 saturated carbocycles. The summed E-state index contributed by atoms with van der Waals surface area (Å²) in [5.41, 5.74) is 6.46. The quantitative estimate of drug-likeness (QED) is 0.671. The van der Waals surface area contributed by atoms with Crippen LogP contribution in [0.2, 0.25) is 0 Å². The third-order valence-corrected chi connectivity index (χ3v) is 1.46. The van der Waals surface area contributed by atoms with Gasteiger partial charge in [-0.1, -0.05) is 6.08 Å². The zero-order valence-corrected chi connectivity index (χ0v) is 6.66. The van der Waals surface area contributed by atoms with Crippen LogP contribution in [0.15, 0.2) is 31.1 Å². The first-order chi connectivity index (χ1) is 5.74. The van der Waals surface area contributed by atoms with E-state index in [9.17, 15) is 4.79 Å². The van der Waals surface area contributed by atoms with Crippen molar-refractivity contribution < 1.29 is 4.79 Å². The Morgan fingerprint density at radius 2 is 2.42 bits per heavy atom. The Labute approximate surface area is 70.9 Å². The summed E-state index contributed by atoms with van der Waals surface area (Å²) < 4.78 is 0. The van der Waals surface area contributed by atoms with Gasteiger partial charge in [0.05, 0.1) is 5.56 Å².